The fraction of sp³-hybridized carbons (Fsp3) is 0.519. The number of ether oxygens (including phenoxy) is 3. The van der Waals surface area contributed by atoms with E-state index in [0.29, 0.717) is 35.9 Å². The van der Waals surface area contributed by atoms with E-state index in [1.54, 1.807) is 33.5 Å². The normalized spacial score (nSPS) is 16.8. The molecule has 0 spiro atoms. The van der Waals surface area contributed by atoms with Crippen LogP contribution in [0.3, 0.4) is 0 Å². The van der Waals surface area contributed by atoms with Crippen LogP contribution in [-0.4, -0.2) is 69.8 Å². The van der Waals surface area contributed by atoms with Gasteiger partial charge in [-0.2, -0.15) is 0 Å². The van der Waals surface area contributed by atoms with Gasteiger partial charge in [0.1, 0.15) is 0 Å². The number of allylic oxidation sites excluding steroid dienone is 5. The molecule has 1 aliphatic carbocycles. The van der Waals surface area contributed by atoms with Crippen LogP contribution < -0.4 is 14.2 Å². The van der Waals surface area contributed by atoms with Crippen LogP contribution in [0, 0.1) is 0 Å². The molecule has 1 saturated heterocycles. The van der Waals surface area contributed by atoms with Crippen molar-refractivity contribution in [3.8, 4) is 17.2 Å². The van der Waals surface area contributed by atoms with E-state index in [9.17, 15) is 4.79 Å². The highest BCUT2D eigenvalue weighted by atomic mass is 16.5. The summed E-state index contributed by atoms with van der Waals surface area (Å²) >= 11 is 0. The number of amides is 1. The number of benzene rings is 1. The van der Waals surface area contributed by atoms with Crippen LogP contribution >= 0.6 is 0 Å². The van der Waals surface area contributed by atoms with E-state index in [2.05, 4.69) is 36.1 Å². The Morgan fingerprint density at radius 3 is 2.30 bits per heavy atom. The third-order valence-electron chi connectivity index (χ3n) is 6.21. The second-order valence-electron chi connectivity index (χ2n) is 8.72. The van der Waals surface area contributed by atoms with Crippen molar-refractivity contribution in [3.05, 3.63) is 53.1 Å². The largest absolute Gasteiger partial charge is 0.493 e. The lowest BCUT2D eigenvalue weighted by atomic mass is 10.0. The quantitative estimate of drug-likeness (QED) is 0.505. The predicted molar refractivity (Wildman–Crippen MR) is 133 cm³/mol. The maximum Gasteiger partial charge on any atom is 0.254 e. The number of carbonyl (C=O) groups excluding carboxylic acids is 1. The summed E-state index contributed by atoms with van der Waals surface area (Å²) < 4.78 is 16.4. The molecule has 1 fully saturated rings. The number of hydrogen-bond acceptors (Lipinski definition) is 5. The fourth-order valence-corrected chi connectivity index (χ4v) is 4.46. The summed E-state index contributed by atoms with van der Waals surface area (Å²) in [6.07, 6.45) is 14.7. The fourth-order valence-electron chi connectivity index (χ4n) is 4.46. The smallest absolute Gasteiger partial charge is 0.254 e. The molecule has 0 atom stereocenters. The van der Waals surface area contributed by atoms with Crippen molar-refractivity contribution in [1.29, 1.82) is 0 Å². The Morgan fingerprint density at radius 1 is 1.03 bits per heavy atom. The average Bonchev–Trinajstić information content (AvgIpc) is 2.86. The molecule has 2 aliphatic rings. The summed E-state index contributed by atoms with van der Waals surface area (Å²) in [5.74, 6) is 1.43. The van der Waals surface area contributed by atoms with Crippen LogP contribution in [0.25, 0.3) is 0 Å². The first-order chi connectivity index (χ1) is 16.0. The molecule has 0 bridgehead atoms. The highest BCUT2D eigenvalue weighted by Gasteiger charge is 2.22. The summed E-state index contributed by atoms with van der Waals surface area (Å²) in [5, 5.41) is 0. The number of piperidine rings is 1. The molecule has 1 aromatic rings. The molecule has 1 aromatic carbocycles. The summed E-state index contributed by atoms with van der Waals surface area (Å²) in [6.45, 7) is 6.45. The van der Waals surface area contributed by atoms with Crippen LogP contribution in [0.1, 0.15) is 49.4 Å². The molecule has 0 radical (unpaired) electrons. The van der Waals surface area contributed by atoms with E-state index < -0.39 is 0 Å². The average molecular weight is 455 g/mol. The van der Waals surface area contributed by atoms with Gasteiger partial charge in [-0.3, -0.25) is 4.79 Å². The molecule has 0 saturated carbocycles. The van der Waals surface area contributed by atoms with Gasteiger partial charge < -0.3 is 24.0 Å². The van der Waals surface area contributed by atoms with Crippen LogP contribution in [0.4, 0.5) is 0 Å². The zero-order valence-corrected chi connectivity index (χ0v) is 20.6. The van der Waals surface area contributed by atoms with Crippen molar-refractivity contribution in [2.75, 3.05) is 54.1 Å². The SMILES string of the molecule is COc1cc(C(=O)N(CCN2CCCCC2)C/C(C)=C/C2=CCCC=C2)cc(OC)c1OC. The van der Waals surface area contributed by atoms with Crippen LogP contribution in [0.15, 0.2) is 47.6 Å². The van der Waals surface area contributed by atoms with Gasteiger partial charge in [-0.15, -0.1) is 0 Å². The van der Waals surface area contributed by atoms with Gasteiger partial charge >= 0.3 is 0 Å². The van der Waals surface area contributed by atoms with Gasteiger partial charge in [0.15, 0.2) is 11.5 Å². The minimum absolute atomic E-state index is 0.0350. The molecule has 1 aliphatic heterocycles. The van der Waals surface area contributed by atoms with Crippen LogP contribution in [-0.2, 0) is 0 Å². The van der Waals surface area contributed by atoms with Crippen molar-refractivity contribution in [3.63, 3.8) is 0 Å². The molecule has 1 heterocycles. The monoisotopic (exact) mass is 454 g/mol. The van der Waals surface area contributed by atoms with Crippen molar-refractivity contribution in [2.45, 2.75) is 39.0 Å². The minimum Gasteiger partial charge on any atom is -0.493 e. The topological polar surface area (TPSA) is 51.2 Å². The number of rotatable bonds is 10. The summed E-state index contributed by atoms with van der Waals surface area (Å²) in [4.78, 5) is 18.1. The molecule has 180 valence electrons. The van der Waals surface area contributed by atoms with E-state index in [-0.39, 0.29) is 5.91 Å². The van der Waals surface area contributed by atoms with Gasteiger partial charge in [-0.1, -0.05) is 36.3 Å². The third kappa shape index (κ3) is 6.87. The molecule has 33 heavy (non-hydrogen) atoms. The van der Waals surface area contributed by atoms with Gasteiger partial charge in [0.2, 0.25) is 5.75 Å². The Balaban J connectivity index is 1.83. The van der Waals surface area contributed by atoms with Crippen LogP contribution in [0.5, 0.6) is 17.2 Å². The first-order valence-electron chi connectivity index (χ1n) is 11.9. The highest BCUT2D eigenvalue weighted by molar-refractivity contribution is 5.96. The van der Waals surface area contributed by atoms with Gasteiger partial charge in [0.05, 0.1) is 21.3 Å². The van der Waals surface area contributed by atoms with E-state index >= 15 is 0 Å². The molecular formula is C27H38N2O4. The first-order valence-corrected chi connectivity index (χ1v) is 11.9. The summed E-state index contributed by atoms with van der Waals surface area (Å²) in [6, 6.07) is 3.48. The van der Waals surface area contributed by atoms with Crippen LogP contribution in [0.2, 0.25) is 0 Å². The van der Waals surface area contributed by atoms with Gasteiger partial charge in [-0.25, -0.2) is 0 Å². The molecule has 6 heteroatoms. The molecule has 6 nitrogen and oxygen atoms in total. The molecule has 1 amide bonds. The standard InChI is InChI=1S/C27H38N2O4/c1-21(17-22-11-7-5-8-12-22)20-29(16-15-28-13-9-6-10-14-28)27(30)23-18-24(31-2)26(33-4)25(19-23)32-3/h7,11-12,17-19H,5-6,8-10,13-16,20H2,1-4H3/b21-17+. The maximum atomic E-state index is 13.7. The Bertz CT molecular complexity index is 872. The lowest BCUT2D eigenvalue weighted by Gasteiger charge is -2.30. The second-order valence-corrected chi connectivity index (χ2v) is 8.72. The minimum atomic E-state index is -0.0350. The zero-order chi connectivity index (χ0) is 23.6. The summed E-state index contributed by atoms with van der Waals surface area (Å²) in [7, 11) is 4.70. The highest BCUT2D eigenvalue weighted by Crippen LogP contribution is 2.38. The van der Waals surface area contributed by atoms with E-state index in [1.807, 2.05) is 4.90 Å². The Labute approximate surface area is 198 Å². The van der Waals surface area contributed by atoms with E-state index in [0.717, 1.165) is 38.0 Å². The zero-order valence-electron chi connectivity index (χ0n) is 20.6. The number of methoxy groups -OCH3 is 3. The van der Waals surface area contributed by atoms with E-state index in [4.69, 9.17) is 14.2 Å². The Kier molecular flexibility index (Phi) is 9.43. The van der Waals surface area contributed by atoms with Crippen molar-refractivity contribution < 1.29 is 19.0 Å². The lowest BCUT2D eigenvalue weighted by Crippen LogP contribution is -2.41. The molecule has 3 rings (SSSR count). The Morgan fingerprint density at radius 2 is 1.73 bits per heavy atom. The van der Waals surface area contributed by atoms with E-state index in [1.165, 1.54) is 24.8 Å². The van der Waals surface area contributed by atoms with Gasteiger partial charge in [-0.05, 0) is 63.4 Å². The molecule has 0 aromatic heterocycles. The molecular weight excluding hydrogens is 416 g/mol. The van der Waals surface area contributed by atoms with Gasteiger partial charge in [0, 0.05) is 25.2 Å². The first kappa shape index (κ1) is 24.9. The Hall–Kier alpha value is -2.73. The van der Waals surface area contributed by atoms with Gasteiger partial charge in [0.25, 0.3) is 5.91 Å². The third-order valence-corrected chi connectivity index (χ3v) is 6.21. The number of hydrogen-bond donors (Lipinski definition) is 0. The van der Waals surface area contributed by atoms with Crippen molar-refractivity contribution in [2.24, 2.45) is 0 Å². The number of nitrogens with zero attached hydrogens (tertiary/aromatic N) is 2. The lowest BCUT2D eigenvalue weighted by molar-refractivity contribution is 0.0744. The molecule has 0 N–H and O–H groups in total. The van der Waals surface area contributed by atoms with Crippen molar-refractivity contribution >= 4 is 5.91 Å². The molecule has 0 unspecified atom stereocenters. The second kappa shape index (κ2) is 12.5. The summed E-state index contributed by atoms with van der Waals surface area (Å²) in [5.41, 5.74) is 2.91. The van der Waals surface area contributed by atoms with Crippen molar-refractivity contribution in [1.82, 2.24) is 9.80 Å². The number of carbonyl (C=O) groups is 1. The number of likely N-dealkylation sites (tertiary alicyclic amines) is 1. The predicted octanol–water partition coefficient (Wildman–Crippen LogP) is 4.86. The maximum absolute atomic E-state index is 13.7.